The van der Waals surface area contributed by atoms with Crippen LogP contribution in [0.25, 0.3) is 0 Å². The molecule has 0 aliphatic carbocycles. The molecule has 0 radical (unpaired) electrons. The summed E-state index contributed by atoms with van der Waals surface area (Å²) in [5, 5.41) is 3.13. The Balaban J connectivity index is 1.66. The van der Waals surface area contributed by atoms with Gasteiger partial charge in [-0.2, -0.15) is 0 Å². The summed E-state index contributed by atoms with van der Waals surface area (Å²) in [5.74, 6) is -0.379. The molecule has 26 heavy (non-hydrogen) atoms. The number of nitrogens with zero attached hydrogens (tertiary/aromatic N) is 2. The zero-order valence-electron chi connectivity index (χ0n) is 15.5. The third-order valence-electron chi connectivity index (χ3n) is 5.38. The molecule has 0 saturated carbocycles. The van der Waals surface area contributed by atoms with Crippen LogP contribution >= 0.6 is 0 Å². The molecule has 2 aliphatic heterocycles. The van der Waals surface area contributed by atoms with Crippen molar-refractivity contribution in [3.05, 3.63) is 23.8 Å². The van der Waals surface area contributed by atoms with Crippen molar-refractivity contribution in [2.45, 2.75) is 44.9 Å². The van der Waals surface area contributed by atoms with Crippen molar-refractivity contribution in [1.29, 1.82) is 0 Å². The van der Waals surface area contributed by atoms with E-state index < -0.39 is 5.91 Å². The lowest BCUT2D eigenvalue weighted by Crippen LogP contribution is -2.36. The number of carbonyl (C=O) groups excluding carboxylic acids is 2. The SMILES string of the molecule is NC(=O)c1cc(N2CCCCC2)ccc1NCC(=O)N1CCCCCC1. The first-order valence-corrected chi connectivity index (χ1v) is 9.85. The molecule has 2 saturated heterocycles. The molecular weight excluding hydrogens is 328 g/mol. The molecule has 0 aromatic heterocycles. The van der Waals surface area contributed by atoms with Crippen LogP contribution in [0.1, 0.15) is 55.3 Å². The van der Waals surface area contributed by atoms with Crippen LogP contribution in [0.2, 0.25) is 0 Å². The summed E-state index contributed by atoms with van der Waals surface area (Å²) in [7, 11) is 0. The molecule has 2 heterocycles. The summed E-state index contributed by atoms with van der Waals surface area (Å²) in [6, 6.07) is 5.74. The van der Waals surface area contributed by atoms with E-state index in [0.717, 1.165) is 44.7 Å². The molecule has 2 fully saturated rings. The van der Waals surface area contributed by atoms with Gasteiger partial charge in [-0.1, -0.05) is 12.8 Å². The smallest absolute Gasteiger partial charge is 0.250 e. The summed E-state index contributed by atoms with van der Waals surface area (Å²) >= 11 is 0. The lowest BCUT2D eigenvalue weighted by Gasteiger charge is -2.29. The van der Waals surface area contributed by atoms with Crippen molar-refractivity contribution in [1.82, 2.24) is 4.90 Å². The average molecular weight is 358 g/mol. The molecule has 3 N–H and O–H groups in total. The lowest BCUT2D eigenvalue weighted by atomic mass is 10.1. The lowest BCUT2D eigenvalue weighted by molar-refractivity contribution is -0.129. The molecule has 142 valence electrons. The molecule has 0 bridgehead atoms. The number of piperidine rings is 1. The minimum absolute atomic E-state index is 0.0856. The molecule has 1 aromatic rings. The number of carbonyl (C=O) groups is 2. The predicted molar refractivity (Wildman–Crippen MR) is 105 cm³/mol. The number of nitrogens with one attached hydrogen (secondary N) is 1. The van der Waals surface area contributed by atoms with E-state index in [0.29, 0.717) is 11.3 Å². The van der Waals surface area contributed by atoms with Gasteiger partial charge in [0.15, 0.2) is 0 Å². The second kappa shape index (κ2) is 8.92. The molecule has 0 spiro atoms. The van der Waals surface area contributed by atoms with Crippen LogP contribution in [0.5, 0.6) is 0 Å². The van der Waals surface area contributed by atoms with Gasteiger partial charge < -0.3 is 20.9 Å². The van der Waals surface area contributed by atoms with Gasteiger partial charge in [0.1, 0.15) is 0 Å². The van der Waals surface area contributed by atoms with Crippen LogP contribution in [0.4, 0.5) is 11.4 Å². The Morgan fingerprint density at radius 1 is 0.923 bits per heavy atom. The Bertz CT molecular complexity index is 633. The van der Waals surface area contributed by atoms with Crippen molar-refractivity contribution in [2.24, 2.45) is 5.73 Å². The fourth-order valence-electron chi connectivity index (χ4n) is 3.84. The maximum Gasteiger partial charge on any atom is 0.250 e. The van der Waals surface area contributed by atoms with Crippen LogP contribution in [0, 0.1) is 0 Å². The normalized spacial score (nSPS) is 18.3. The first kappa shape index (κ1) is 18.5. The van der Waals surface area contributed by atoms with Crippen LogP contribution in [0.3, 0.4) is 0 Å². The van der Waals surface area contributed by atoms with Crippen molar-refractivity contribution < 1.29 is 9.59 Å². The molecule has 0 unspecified atom stereocenters. The van der Waals surface area contributed by atoms with Gasteiger partial charge in [-0.3, -0.25) is 9.59 Å². The molecule has 6 heteroatoms. The summed E-state index contributed by atoms with van der Waals surface area (Å²) in [6.45, 7) is 3.88. The number of nitrogens with two attached hydrogens (primary N) is 1. The highest BCUT2D eigenvalue weighted by atomic mass is 16.2. The van der Waals surface area contributed by atoms with E-state index in [9.17, 15) is 9.59 Å². The van der Waals surface area contributed by atoms with E-state index in [4.69, 9.17) is 5.73 Å². The van der Waals surface area contributed by atoms with Gasteiger partial charge in [0, 0.05) is 37.6 Å². The van der Waals surface area contributed by atoms with Crippen LogP contribution in [0.15, 0.2) is 18.2 Å². The summed E-state index contributed by atoms with van der Waals surface area (Å²) in [4.78, 5) is 28.6. The van der Waals surface area contributed by atoms with E-state index in [1.165, 1.54) is 32.1 Å². The maximum atomic E-state index is 12.5. The number of rotatable bonds is 5. The monoisotopic (exact) mass is 358 g/mol. The Morgan fingerprint density at radius 3 is 2.19 bits per heavy atom. The molecule has 0 atom stereocenters. The van der Waals surface area contributed by atoms with Crippen LogP contribution < -0.4 is 16.0 Å². The molecule has 2 amide bonds. The summed E-state index contributed by atoms with van der Waals surface area (Å²) in [6.07, 6.45) is 8.15. The van der Waals surface area contributed by atoms with E-state index in [2.05, 4.69) is 10.2 Å². The number of primary amides is 1. The van der Waals surface area contributed by atoms with Gasteiger partial charge in [-0.15, -0.1) is 0 Å². The van der Waals surface area contributed by atoms with Gasteiger partial charge >= 0.3 is 0 Å². The molecular formula is C20H30N4O2. The van der Waals surface area contributed by atoms with Gasteiger partial charge in [-0.25, -0.2) is 0 Å². The fraction of sp³-hybridized carbons (Fsp3) is 0.600. The first-order chi connectivity index (χ1) is 12.6. The standard InChI is InChI=1S/C20H30N4O2/c21-20(26)17-14-16(23-10-6-3-7-11-23)8-9-18(17)22-15-19(25)24-12-4-1-2-5-13-24/h8-9,14,22H,1-7,10-13,15H2,(H2,21,26). The van der Waals surface area contributed by atoms with Gasteiger partial charge in [-0.05, 0) is 50.3 Å². The summed E-state index contributed by atoms with van der Waals surface area (Å²) in [5.41, 5.74) is 7.72. The Labute approximate surface area is 155 Å². The van der Waals surface area contributed by atoms with Crippen LogP contribution in [-0.4, -0.2) is 49.4 Å². The summed E-state index contributed by atoms with van der Waals surface area (Å²) < 4.78 is 0. The largest absolute Gasteiger partial charge is 0.376 e. The molecule has 3 rings (SSSR count). The topological polar surface area (TPSA) is 78.7 Å². The predicted octanol–water partition coefficient (Wildman–Crippen LogP) is 2.59. The quantitative estimate of drug-likeness (QED) is 0.848. The third kappa shape index (κ3) is 4.68. The number of benzene rings is 1. The third-order valence-corrected chi connectivity index (χ3v) is 5.38. The van der Waals surface area contributed by atoms with Gasteiger partial charge in [0.05, 0.1) is 12.1 Å². The number of hydrogen-bond acceptors (Lipinski definition) is 4. The average Bonchev–Trinajstić information content (AvgIpc) is 2.96. The molecule has 1 aromatic carbocycles. The number of amides is 2. The molecule has 2 aliphatic rings. The highest BCUT2D eigenvalue weighted by molar-refractivity contribution is 6.00. The highest BCUT2D eigenvalue weighted by Crippen LogP contribution is 2.25. The van der Waals surface area contributed by atoms with Gasteiger partial charge in [0.25, 0.3) is 5.91 Å². The number of likely N-dealkylation sites (tertiary alicyclic amines) is 1. The van der Waals surface area contributed by atoms with Crippen molar-refractivity contribution >= 4 is 23.2 Å². The van der Waals surface area contributed by atoms with E-state index in [-0.39, 0.29) is 12.5 Å². The number of anilines is 2. The maximum absolute atomic E-state index is 12.5. The second-order valence-corrected chi connectivity index (χ2v) is 7.29. The Kier molecular flexibility index (Phi) is 6.36. The van der Waals surface area contributed by atoms with Crippen molar-refractivity contribution in [3.63, 3.8) is 0 Å². The van der Waals surface area contributed by atoms with Crippen LogP contribution in [-0.2, 0) is 4.79 Å². The zero-order chi connectivity index (χ0) is 18.4. The van der Waals surface area contributed by atoms with E-state index >= 15 is 0 Å². The zero-order valence-corrected chi connectivity index (χ0v) is 15.5. The van der Waals surface area contributed by atoms with Gasteiger partial charge in [0.2, 0.25) is 5.91 Å². The van der Waals surface area contributed by atoms with Crippen molar-refractivity contribution in [3.8, 4) is 0 Å². The Hall–Kier alpha value is -2.24. The van der Waals surface area contributed by atoms with E-state index in [1.807, 2.05) is 23.1 Å². The number of hydrogen-bond donors (Lipinski definition) is 2. The fourth-order valence-corrected chi connectivity index (χ4v) is 3.84. The minimum atomic E-state index is -0.464. The minimum Gasteiger partial charge on any atom is -0.376 e. The van der Waals surface area contributed by atoms with Crippen molar-refractivity contribution in [2.75, 3.05) is 42.9 Å². The van der Waals surface area contributed by atoms with E-state index in [1.54, 1.807) is 0 Å². The molecule has 6 nitrogen and oxygen atoms in total. The second-order valence-electron chi connectivity index (χ2n) is 7.29. The Morgan fingerprint density at radius 2 is 1.54 bits per heavy atom. The highest BCUT2D eigenvalue weighted by Gasteiger charge is 2.18. The first-order valence-electron chi connectivity index (χ1n) is 9.85.